The van der Waals surface area contributed by atoms with Crippen molar-refractivity contribution >= 4 is 12.4 Å². The van der Waals surface area contributed by atoms with Crippen molar-refractivity contribution in [3.63, 3.8) is 0 Å². The van der Waals surface area contributed by atoms with Gasteiger partial charge in [0.2, 0.25) is 5.88 Å². The Kier molecular flexibility index (Phi) is 4.85. The van der Waals surface area contributed by atoms with Crippen molar-refractivity contribution in [1.82, 2.24) is 10.3 Å². The highest BCUT2D eigenvalue weighted by Crippen LogP contribution is 2.13. The average molecular weight is 229 g/mol. The van der Waals surface area contributed by atoms with Crippen molar-refractivity contribution in [3.05, 3.63) is 23.9 Å². The maximum absolute atomic E-state index is 5.76. The molecule has 4 heteroatoms. The Balaban J connectivity index is 0.00000112. The molecule has 0 saturated carbocycles. The van der Waals surface area contributed by atoms with Gasteiger partial charge in [-0.3, -0.25) is 0 Å². The van der Waals surface area contributed by atoms with E-state index < -0.39 is 0 Å². The van der Waals surface area contributed by atoms with Crippen molar-refractivity contribution < 1.29 is 4.74 Å². The number of rotatable bonds is 2. The highest BCUT2D eigenvalue weighted by Gasteiger charge is 2.14. The number of nitrogens with one attached hydrogen (secondary N) is 1. The molecule has 0 aliphatic carbocycles. The molecule has 0 aromatic carbocycles. The molecule has 0 radical (unpaired) electrons. The second kappa shape index (κ2) is 5.93. The smallest absolute Gasteiger partial charge is 0.213 e. The SMILES string of the molecule is Cc1ccnc(OC2CCCNC2)c1.Cl. The lowest BCUT2D eigenvalue weighted by Crippen LogP contribution is -2.37. The minimum Gasteiger partial charge on any atom is -0.473 e. The minimum absolute atomic E-state index is 0. The lowest BCUT2D eigenvalue weighted by atomic mass is 10.1. The molecule has 0 spiro atoms. The quantitative estimate of drug-likeness (QED) is 0.840. The maximum Gasteiger partial charge on any atom is 0.213 e. The van der Waals surface area contributed by atoms with E-state index in [1.807, 2.05) is 19.1 Å². The lowest BCUT2D eigenvalue weighted by molar-refractivity contribution is 0.160. The first kappa shape index (κ1) is 12.3. The fraction of sp³-hybridized carbons (Fsp3) is 0.545. The summed E-state index contributed by atoms with van der Waals surface area (Å²) in [6.07, 6.45) is 4.40. The zero-order valence-electron chi connectivity index (χ0n) is 8.90. The van der Waals surface area contributed by atoms with Crippen LogP contribution in [-0.2, 0) is 0 Å². The second-order valence-corrected chi connectivity index (χ2v) is 3.76. The first-order valence-electron chi connectivity index (χ1n) is 5.14. The van der Waals surface area contributed by atoms with E-state index in [1.165, 1.54) is 12.0 Å². The van der Waals surface area contributed by atoms with Crippen LogP contribution in [0.3, 0.4) is 0 Å². The predicted molar refractivity (Wildman–Crippen MR) is 62.7 cm³/mol. The average Bonchev–Trinajstić information content (AvgIpc) is 2.19. The Labute approximate surface area is 96.7 Å². The van der Waals surface area contributed by atoms with Gasteiger partial charge in [-0.2, -0.15) is 0 Å². The molecule has 0 bridgehead atoms. The van der Waals surface area contributed by atoms with E-state index in [9.17, 15) is 0 Å². The van der Waals surface area contributed by atoms with Crippen molar-refractivity contribution in [3.8, 4) is 5.88 Å². The van der Waals surface area contributed by atoms with E-state index in [4.69, 9.17) is 4.74 Å². The number of halogens is 1. The number of hydrogen-bond acceptors (Lipinski definition) is 3. The van der Waals surface area contributed by atoms with Crippen molar-refractivity contribution in [2.45, 2.75) is 25.9 Å². The van der Waals surface area contributed by atoms with Crippen molar-refractivity contribution in [2.24, 2.45) is 0 Å². The van der Waals surface area contributed by atoms with Crippen LogP contribution in [0.1, 0.15) is 18.4 Å². The second-order valence-electron chi connectivity index (χ2n) is 3.76. The van der Waals surface area contributed by atoms with E-state index in [2.05, 4.69) is 10.3 Å². The largest absolute Gasteiger partial charge is 0.473 e. The van der Waals surface area contributed by atoms with Gasteiger partial charge in [-0.25, -0.2) is 4.98 Å². The van der Waals surface area contributed by atoms with E-state index in [0.717, 1.165) is 25.4 Å². The van der Waals surface area contributed by atoms with Gasteiger partial charge >= 0.3 is 0 Å². The van der Waals surface area contributed by atoms with Gasteiger partial charge in [0.05, 0.1) is 0 Å². The van der Waals surface area contributed by atoms with Gasteiger partial charge < -0.3 is 10.1 Å². The normalized spacial score (nSPS) is 20.5. The molecular weight excluding hydrogens is 212 g/mol. The zero-order valence-corrected chi connectivity index (χ0v) is 9.72. The van der Waals surface area contributed by atoms with Gasteiger partial charge in [0.1, 0.15) is 6.10 Å². The first-order chi connectivity index (χ1) is 6.84. The highest BCUT2D eigenvalue weighted by atomic mass is 35.5. The molecular formula is C11H17ClN2O. The third-order valence-electron chi connectivity index (χ3n) is 2.43. The summed E-state index contributed by atoms with van der Waals surface area (Å²) in [6.45, 7) is 4.10. The number of hydrogen-bond donors (Lipinski definition) is 1. The molecule has 1 fully saturated rings. The molecule has 2 heterocycles. The fourth-order valence-corrected chi connectivity index (χ4v) is 1.66. The molecule has 1 aliphatic heterocycles. The molecule has 84 valence electrons. The van der Waals surface area contributed by atoms with Crippen LogP contribution in [0.15, 0.2) is 18.3 Å². The molecule has 1 saturated heterocycles. The van der Waals surface area contributed by atoms with Gasteiger partial charge in [-0.1, -0.05) is 0 Å². The van der Waals surface area contributed by atoms with Gasteiger partial charge in [0.15, 0.2) is 0 Å². The number of aromatic nitrogens is 1. The summed E-state index contributed by atoms with van der Waals surface area (Å²) in [6, 6.07) is 3.96. The number of piperidine rings is 1. The molecule has 1 N–H and O–H groups in total. The van der Waals surface area contributed by atoms with E-state index in [0.29, 0.717) is 0 Å². The standard InChI is InChI=1S/C11H16N2O.ClH/c1-9-4-6-13-11(7-9)14-10-3-2-5-12-8-10;/h4,6-7,10,12H,2-3,5,8H2,1H3;1H. The van der Waals surface area contributed by atoms with Crippen LogP contribution < -0.4 is 10.1 Å². The van der Waals surface area contributed by atoms with Gasteiger partial charge in [0.25, 0.3) is 0 Å². The van der Waals surface area contributed by atoms with E-state index in [-0.39, 0.29) is 18.5 Å². The Morgan fingerprint density at radius 3 is 3.07 bits per heavy atom. The summed E-state index contributed by atoms with van der Waals surface area (Å²) in [5, 5.41) is 3.32. The zero-order chi connectivity index (χ0) is 9.80. The van der Waals surface area contributed by atoms with Crippen LogP contribution >= 0.6 is 12.4 Å². The number of pyridine rings is 1. The summed E-state index contributed by atoms with van der Waals surface area (Å²) in [4.78, 5) is 4.18. The fourth-order valence-electron chi connectivity index (χ4n) is 1.66. The minimum atomic E-state index is 0. The van der Waals surface area contributed by atoms with Crippen LogP contribution in [0, 0.1) is 6.92 Å². The van der Waals surface area contributed by atoms with E-state index >= 15 is 0 Å². The van der Waals surface area contributed by atoms with Crippen molar-refractivity contribution in [1.29, 1.82) is 0 Å². The first-order valence-corrected chi connectivity index (χ1v) is 5.14. The molecule has 15 heavy (non-hydrogen) atoms. The third kappa shape index (κ3) is 3.68. The lowest BCUT2D eigenvalue weighted by Gasteiger charge is -2.23. The molecule has 1 aliphatic rings. The van der Waals surface area contributed by atoms with Gasteiger partial charge in [-0.05, 0) is 37.9 Å². The maximum atomic E-state index is 5.76. The molecule has 0 amide bonds. The summed E-state index contributed by atoms with van der Waals surface area (Å²) >= 11 is 0. The Morgan fingerprint density at radius 2 is 2.40 bits per heavy atom. The Hall–Kier alpha value is -0.800. The summed E-state index contributed by atoms with van der Waals surface area (Å²) in [7, 11) is 0. The molecule has 1 unspecified atom stereocenters. The number of aryl methyl sites for hydroxylation is 1. The highest BCUT2D eigenvalue weighted by molar-refractivity contribution is 5.85. The summed E-state index contributed by atoms with van der Waals surface area (Å²) in [5.74, 6) is 0.749. The van der Waals surface area contributed by atoms with Gasteiger partial charge in [-0.15, -0.1) is 12.4 Å². The van der Waals surface area contributed by atoms with Crippen molar-refractivity contribution in [2.75, 3.05) is 13.1 Å². The molecule has 1 aromatic rings. The van der Waals surface area contributed by atoms with Gasteiger partial charge in [0, 0.05) is 18.8 Å². The van der Waals surface area contributed by atoms with Crippen LogP contribution in [-0.4, -0.2) is 24.2 Å². The Morgan fingerprint density at radius 1 is 1.53 bits per heavy atom. The number of nitrogens with zero attached hydrogens (tertiary/aromatic N) is 1. The topological polar surface area (TPSA) is 34.1 Å². The number of ether oxygens (including phenoxy) is 1. The van der Waals surface area contributed by atoms with Crippen LogP contribution in [0.4, 0.5) is 0 Å². The monoisotopic (exact) mass is 228 g/mol. The molecule has 1 atom stereocenters. The van der Waals surface area contributed by atoms with E-state index in [1.54, 1.807) is 6.20 Å². The molecule has 2 rings (SSSR count). The predicted octanol–water partition coefficient (Wildman–Crippen LogP) is 1.94. The summed E-state index contributed by atoms with van der Waals surface area (Å²) in [5.41, 5.74) is 1.19. The molecule has 1 aromatic heterocycles. The summed E-state index contributed by atoms with van der Waals surface area (Å²) < 4.78 is 5.76. The molecule has 3 nitrogen and oxygen atoms in total. The van der Waals surface area contributed by atoms with Crippen LogP contribution in [0.2, 0.25) is 0 Å². The Bertz CT molecular complexity index is 300. The van der Waals surface area contributed by atoms with Crippen LogP contribution in [0.5, 0.6) is 5.88 Å². The van der Waals surface area contributed by atoms with Crippen LogP contribution in [0.25, 0.3) is 0 Å². The third-order valence-corrected chi connectivity index (χ3v) is 2.43.